The lowest BCUT2D eigenvalue weighted by Gasteiger charge is -2.25. The number of aromatic amines is 1. The van der Waals surface area contributed by atoms with Crippen LogP contribution in [0.2, 0.25) is 0 Å². The standard InChI is InChI=1S/C17H20N4O/c22-16(12-4-2-1-3-5-12)14-8-11-21(20-14)15-7-10-19-17-13(15)6-9-18-17/h6-12,16,22H,1-5H2,(H,18,19). The first-order valence-corrected chi connectivity index (χ1v) is 7.99. The van der Waals surface area contributed by atoms with Gasteiger partial charge in [-0.05, 0) is 37.0 Å². The molecule has 1 aliphatic carbocycles. The van der Waals surface area contributed by atoms with E-state index in [-0.39, 0.29) is 0 Å². The van der Waals surface area contributed by atoms with Gasteiger partial charge in [-0.25, -0.2) is 9.67 Å². The molecule has 1 aliphatic rings. The fraction of sp³-hybridized carbons (Fsp3) is 0.412. The van der Waals surface area contributed by atoms with Gasteiger partial charge in [-0.15, -0.1) is 0 Å². The average Bonchev–Trinajstić information content (AvgIpc) is 3.24. The number of fused-ring (bicyclic) bond motifs is 1. The predicted molar refractivity (Wildman–Crippen MR) is 84.8 cm³/mol. The molecule has 0 spiro atoms. The highest BCUT2D eigenvalue weighted by molar-refractivity contribution is 5.84. The number of hydrogen-bond donors (Lipinski definition) is 2. The van der Waals surface area contributed by atoms with Gasteiger partial charge < -0.3 is 10.1 Å². The molecule has 22 heavy (non-hydrogen) atoms. The van der Waals surface area contributed by atoms with Gasteiger partial charge in [-0.1, -0.05) is 19.3 Å². The number of rotatable bonds is 3. The molecule has 0 bridgehead atoms. The summed E-state index contributed by atoms with van der Waals surface area (Å²) in [5.41, 5.74) is 2.60. The number of pyridine rings is 1. The first kappa shape index (κ1) is 13.5. The molecule has 114 valence electrons. The van der Waals surface area contributed by atoms with E-state index >= 15 is 0 Å². The minimum absolute atomic E-state index is 0.349. The van der Waals surface area contributed by atoms with Crippen molar-refractivity contribution < 1.29 is 5.11 Å². The topological polar surface area (TPSA) is 66.7 Å². The number of nitrogens with zero attached hydrogens (tertiary/aromatic N) is 3. The second-order valence-corrected chi connectivity index (χ2v) is 6.10. The van der Waals surface area contributed by atoms with Crippen molar-refractivity contribution in [2.75, 3.05) is 0 Å². The van der Waals surface area contributed by atoms with Crippen LogP contribution in [-0.4, -0.2) is 24.9 Å². The van der Waals surface area contributed by atoms with Gasteiger partial charge in [0.2, 0.25) is 0 Å². The first-order chi connectivity index (χ1) is 10.8. The third kappa shape index (κ3) is 2.31. The van der Waals surface area contributed by atoms with Crippen molar-refractivity contribution in [3.8, 4) is 5.69 Å². The zero-order chi connectivity index (χ0) is 14.9. The number of H-pyrrole nitrogens is 1. The Labute approximate surface area is 129 Å². The van der Waals surface area contributed by atoms with Crippen LogP contribution in [0.5, 0.6) is 0 Å². The molecule has 0 saturated heterocycles. The van der Waals surface area contributed by atoms with Crippen molar-refractivity contribution in [1.29, 1.82) is 0 Å². The number of aliphatic hydroxyl groups is 1. The Bertz CT molecular complexity index is 770. The van der Waals surface area contributed by atoms with Gasteiger partial charge >= 0.3 is 0 Å². The molecule has 0 amide bonds. The summed E-state index contributed by atoms with van der Waals surface area (Å²) >= 11 is 0. The van der Waals surface area contributed by atoms with Gasteiger partial charge in [0.25, 0.3) is 0 Å². The molecule has 0 radical (unpaired) electrons. The molecule has 0 aromatic carbocycles. The van der Waals surface area contributed by atoms with Gasteiger partial charge in [0.15, 0.2) is 0 Å². The maximum absolute atomic E-state index is 10.6. The van der Waals surface area contributed by atoms with E-state index in [0.29, 0.717) is 5.92 Å². The highest BCUT2D eigenvalue weighted by Gasteiger charge is 2.25. The molecule has 2 N–H and O–H groups in total. The predicted octanol–water partition coefficient (Wildman–Crippen LogP) is 3.36. The molecule has 1 fully saturated rings. The van der Waals surface area contributed by atoms with Crippen LogP contribution in [0.15, 0.2) is 36.8 Å². The lowest BCUT2D eigenvalue weighted by atomic mass is 9.84. The molecule has 1 unspecified atom stereocenters. The Morgan fingerprint density at radius 1 is 1.18 bits per heavy atom. The summed E-state index contributed by atoms with van der Waals surface area (Å²) in [5, 5.41) is 16.2. The second-order valence-electron chi connectivity index (χ2n) is 6.10. The van der Waals surface area contributed by atoms with E-state index in [1.54, 1.807) is 6.20 Å². The number of aromatic nitrogens is 4. The van der Waals surface area contributed by atoms with Crippen molar-refractivity contribution in [2.24, 2.45) is 5.92 Å². The third-order valence-corrected chi connectivity index (χ3v) is 4.69. The summed E-state index contributed by atoms with van der Waals surface area (Å²) in [6, 6.07) is 5.87. The van der Waals surface area contributed by atoms with Crippen LogP contribution in [0, 0.1) is 5.92 Å². The second kappa shape index (κ2) is 5.57. The van der Waals surface area contributed by atoms with E-state index in [9.17, 15) is 5.11 Å². The zero-order valence-electron chi connectivity index (χ0n) is 12.4. The minimum Gasteiger partial charge on any atom is -0.386 e. The van der Waals surface area contributed by atoms with E-state index in [0.717, 1.165) is 35.3 Å². The zero-order valence-corrected chi connectivity index (χ0v) is 12.4. The Balaban J connectivity index is 1.65. The maximum Gasteiger partial charge on any atom is 0.139 e. The van der Waals surface area contributed by atoms with Crippen LogP contribution in [0.3, 0.4) is 0 Å². The van der Waals surface area contributed by atoms with Crippen LogP contribution < -0.4 is 0 Å². The van der Waals surface area contributed by atoms with Crippen molar-refractivity contribution in [3.63, 3.8) is 0 Å². The fourth-order valence-electron chi connectivity index (χ4n) is 3.47. The van der Waals surface area contributed by atoms with Crippen LogP contribution >= 0.6 is 0 Å². The van der Waals surface area contributed by atoms with E-state index in [2.05, 4.69) is 15.1 Å². The summed E-state index contributed by atoms with van der Waals surface area (Å²) in [6.45, 7) is 0. The molecule has 3 aromatic rings. The molecular weight excluding hydrogens is 276 g/mol. The van der Waals surface area contributed by atoms with Gasteiger partial charge in [-0.2, -0.15) is 5.10 Å². The summed E-state index contributed by atoms with van der Waals surface area (Å²) in [4.78, 5) is 7.41. The van der Waals surface area contributed by atoms with Crippen LogP contribution in [0.25, 0.3) is 16.7 Å². The van der Waals surface area contributed by atoms with E-state index in [1.165, 1.54) is 19.3 Å². The van der Waals surface area contributed by atoms with Crippen LogP contribution in [0.1, 0.15) is 43.9 Å². The van der Waals surface area contributed by atoms with Crippen molar-refractivity contribution in [3.05, 3.63) is 42.5 Å². The lowest BCUT2D eigenvalue weighted by molar-refractivity contribution is 0.0808. The molecule has 3 aromatic heterocycles. The minimum atomic E-state index is -0.454. The van der Waals surface area contributed by atoms with Gasteiger partial charge in [0.05, 0.1) is 11.4 Å². The van der Waals surface area contributed by atoms with Crippen LogP contribution in [-0.2, 0) is 0 Å². The number of aliphatic hydroxyl groups excluding tert-OH is 1. The molecule has 1 atom stereocenters. The van der Waals surface area contributed by atoms with E-state index in [4.69, 9.17) is 0 Å². The summed E-state index contributed by atoms with van der Waals surface area (Å²) in [6.07, 6.45) is 11.0. The Morgan fingerprint density at radius 2 is 2.05 bits per heavy atom. The molecule has 5 heteroatoms. The van der Waals surface area contributed by atoms with Gasteiger partial charge in [0, 0.05) is 24.0 Å². The van der Waals surface area contributed by atoms with Crippen LogP contribution in [0.4, 0.5) is 0 Å². The van der Waals surface area contributed by atoms with Gasteiger partial charge in [0.1, 0.15) is 11.8 Å². The number of hydrogen-bond acceptors (Lipinski definition) is 3. The largest absolute Gasteiger partial charge is 0.386 e. The van der Waals surface area contributed by atoms with Crippen molar-refractivity contribution in [2.45, 2.75) is 38.2 Å². The SMILES string of the molecule is OC(c1ccn(-c2ccnc3[nH]ccc23)n1)C1CCCCC1. The van der Waals surface area contributed by atoms with E-state index in [1.807, 2.05) is 35.3 Å². The fourth-order valence-corrected chi connectivity index (χ4v) is 3.47. The average molecular weight is 296 g/mol. The Hall–Kier alpha value is -2.14. The quantitative estimate of drug-likeness (QED) is 0.778. The summed E-state index contributed by atoms with van der Waals surface area (Å²) < 4.78 is 1.83. The molecule has 0 aliphatic heterocycles. The van der Waals surface area contributed by atoms with Crippen molar-refractivity contribution in [1.82, 2.24) is 19.7 Å². The third-order valence-electron chi connectivity index (χ3n) is 4.69. The molecule has 5 nitrogen and oxygen atoms in total. The maximum atomic E-state index is 10.6. The molecule has 3 heterocycles. The Kier molecular flexibility index (Phi) is 3.42. The monoisotopic (exact) mass is 296 g/mol. The molecule has 4 rings (SSSR count). The molecular formula is C17H20N4O. The summed E-state index contributed by atoms with van der Waals surface area (Å²) in [7, 11) is 0. The normalized spacial score (nSPS) is 17.9. The Morgan fingerprint density at radius 3 is 2.91 bits per heavy atom. The highest BCUT2D eigenvalue weighted by atomic mass is 16.3. The number of nitrogens with one attached hydrogen (secondary N) is 1. The van der Waals surface area contributed by atoms with E-state index < -0.39 is 6.10 Å². The smallest absolute Gasteiger partial charge is 0.139 e. The first-order valence-electron chi connectivity index (χ1n) is 7.99. The van der Waals surface area contributed by atoms with Gasteiger partial charge in [-0.3, -0.25) is 0 Å². The molecule has 1 saturated carbocycles. The summed E-state index contributed by atoms with van der Waals surface area (Å²) in [5.74, 6) is 0.349. The lowest BCUT2D eigenvalue weighted by Crippen LogP contribution is -2.16. The van der Waals surface area contributed by atoms with Crippen molar-refractivity contribution >= 4 is 11.0 Å². The highest BCUT2D eigenvalue weighted by Crippen LogP contribution is 2.34.